The molecule has 0 radical (unpaired) electrons. The first kappa shape index (κ1) is 15.4. The number of aromatic nitrogens is 1. The molecule has 1 aliphatic rings. The number of piperidine rings is 1. The van der Waals surface area contributed by atoms with Gasteiger partial charge in [-0.15, -0.1) is 0 Å². The summed E-state index contributed by atoms with van der Waals surface area (Å²) in [5.41, 5.74) is 2.06. The molecule has 2 heterocycles. The molecule has 2 rings (SSSR count). The summed E-state index contributed by atoms with van der Waals surface area (Å²) < 4.78 is 27.2. The normalized spacial score (nSPS) is 21.3. The fourth-order valence-electron chi connectivity index (χ4n) is 2.64. The molecule has 1 saturated heterocycles. The predicted octanol–water partition coefficient (Wildman–Crippen LogP) is 1.45. The average molecular weight is 297 g/mol. The van der Waals surface area contributed by atoms with Crippen molar-refractivity contribution in [2.75, 3.05) is 27.2 Å². The van der Waals surface area contributed by atoms with Gasteiger partial charge in [-0.25, -0.2) is 0 Å². The molecule has 1 aromatic heterocycles. The van der Waals surface area contributed by atoms with Gasteiger partial charge in [0.2, 0.25) is 0 Å². The van der Waals surface area contributed by atoms with Crippen LogP contribution in [0.4, 0.5) is 0 Å². The minimum Gasteiger partial charge on any atom is -0.258 e. The van der Waals surface area contributed by atoms with Gasteiger partial charge in [0, 0.05) is 38.6 Å². The second kappa shape index (κ2) is 6.20. The Balaban J connectivity index is 2.04. The van der Waals surface area contributed by atoms with Crippen molar-refractivity contribution in [2.24, 2.45) is 5.92 Å². The summed E-state index contributed by atoms with van der Waals surface area (Å²) >= 11 is 0. The van der Waals surface area contributed by atoms with E-state index in [-0.39, 0.29) is 0 Å². The van der Waals surface area contributed by atoms with Gasteiger partial charge >= 0.3 is 0 Å². The van der Waals surface area contributed by atoms with Crippen LogP contribution in [0, 0.1) is 12.8 Å². The Bertz CT molecular complexity index is 557. The van der Waals surface area contributed by atoms with Crippen molar-refractivity contribution in [3.8, 4) is 0 Å². The predicted molar refractivity (Wildman–Crippen MR) is 79.6 cm³/mol. The molecular weight excluding hydrogens is 274 g/mol. The third-order valence-electron chi connectivity index (χ3n) is 3.71. The molecule has 0 N–H and O–H groups in total. The molecule has 0 saturated carbocycles. The smallest absolute Gasteiger partial charge is 0.258 e. The highest BCUT2D eigenvalue weighted by molar-refractivity contribution is 7.86. The van der Waals surface area contributed by atoms with E-state index in [0.717, 1.165) is 30.7 Å². The molecular formula is C14H23N3O2S. The second-order valence-corrected chi connectivity index (χ2v) is 7.77. The van der Waals surface area contributed by atoms with Crippen molar-refractivity contribution < 1.29 is 8.42 Å². The highest BCUT2D eigenvalue weighted by Gasteiger charge is 2.30. The largest absolute Gasteiger partial charge is 0.281 e. The highest BCUT2D eigenvalue weighted by atomic mass is 32.2. The van der Waals surface area contributed by atoms with E-state index in [1.54, 1.807) is 18.4 Å². The standard InChI is InChI=1S/C14H23N3O2S/c1-12-6-4-8-14(15-12)10-13-7-5-9-17(11-13)20(18,19)16(2)3/h4,6,8,13H,5,7,9-11H2,1-3H3/t13-/m0/s1. The molecule has 0 aliphatic carbocycles. The first-order chi connectivity index (χ1) is 9.39. The fourth-order valence-corrected chi connectivity index (χ4v) is 3.86. The Morgan fingerprint density at radius 2 is 2.15 bits per heavy atom. The lowest BCUT2D eigenvalue weighted by Crippen LogP contribution is -2.45. The van der Waals surface area contributed by atoms with Crippen molar-refractivity contribution in [2.45, 2.75) is 26.2 Å². The maximum absolute atomic E-state index is 12.2. The van der Waals surface area contributed by atoms with Crippen molar-refractivity contribution in [3.63, 3.8) is 0 Å². The van der Waals surface area contributed by atoms with Crippen LogP contribution < -0.4 is 0 Å². The van der Waals surface area contributed by atoms with E-state index < -0.39 is 10.2 Å². The van der Waals surface area contributed by atoms with Gasteiger partial charge in [-0.1, -0.05) is 6.07 Å². The third-order valence-corrected chi connectivity index (χ3v) is 5.62. The molecule has 1 fully saturated rings. The van der Waals surface area contributed by atoms with Gasteiger partial charge in [0.1, 0.15) is 0 Å². The molecule has 6 heteroatoms. The molecule has 1 atom stereocenters. The molecule has 0 bridgehead atoms. The van der Waals surface area contributed by atoms with Crippen LogP contribution >= 0.6 is 0 Å². The molecule has 0 aromatic carbocycles. The minimum atomic E-state index is -3.29. The number of pyridine rings is 1. The number of nitrogens with zero attached hydrogens (tertiary/aromatic N) is 3. The van der Waals surface area contributed by atoms with Crippen LogP contribution in [-0.2, 0) is 16.6 Å². The molecule has 0 amide bonds. The average Bonchev–Trinajstić information content (AvgIpc) is 2.39. The highest BCUT2D eigenvalue weighted by Crippen LogP contribution is 2.23. The summed E-state index contributed by atoms with van der Waals surface area (Å²) in [4.78, 5) is 4.51. The van der Waals surface area contributed by atoms with Crippen molar-refractivity contribution in [1.82, 2.24) is 13.6 Å². The van der Waals surface area contributed by atoms with Gasteiger partial charge in [0.25, 0.3) is 10.2 Å². The van der Waals surface area contributed by atoms with Gasteiger partial charge in [-0.3, -0.25) is 4.98 Å². The minimum absolute atomic E-state index is 0.354. The van der Waals surface area contributed by atoms with E-state index >= 15 is 0 Å². The van der Waals surface area contributed by atoms with Crippen LogP contribution in [0.2, 0.25) is 0 Å². The summed E-state index contributed by atoms with van der Waals surface area (Å²) in [6.07, 6.45) is 2.83. The first-order valence-electron chi connectivity index (χ1n) is 6.99. The Morgan fingerprint density at radius 1 is 1.40 bits per heavy atom. The number of hydrogen-bond acceptors (Lipinski definition) is 3. The van der Waals surface area contributed by atoms with E-state index in [9.17, 15) is 8.42 Å². The molecule has 0 unspecified atom stereocenters. The van der Waals surface area contributed by atoms with Crippen molar-refractivity contribution in [3.05, 3.63) is 29.6 Å². The topological polar surface area (TPSA) is 53.5 Å². The quantitative estimate of drug-likeness (QED) is 0.845. The van der Waals surface area contributed by atoms with Crippen LogP contribution in [0.5, 0.6) is 0 Å². The SMILES string of the molecule is Cc1cccc(C[C@@H]2CCCN(S(=O)(=O)N(C)C)C2)n1. The number of rotatable bonds is 4. The molecule has 112 valence electrons. The van der Waals surface area contributed by atoms with Crippen LogP contribution in [0.25, 0.3) is 0 Å². The van der Waals surface area contributed by atoms with Gasteiger partial charge < -0.3 is 0 Å². The summed E-state index contributed by atoms with van der Waals surface area (Å²) in [6, 6.07) is 6.01. The Labute approximate surface area is 121 Å². The lowest BCUT2D eigenvalue weighted by molar-refractivity contribution is 0.253. The van der Waals surface area contributed by atoms with Crippen molar-refractivity contribution >= 4 is 10.2 Å². The van der Waals surface area contributed by atoms with Crippen LogP contribution in [0.3, 0.4) is 0 Å². The van der Waals surface area contributed by atoms with E-state index in [0.29, 0.717) is 19.0 Å². The number of aryl methyl sites for hydroxylation is 1. The van der Waals surface area contributed by atoms with E-state index in [4.69, 9.17) is 0 Å². The van der Waals surface area contributed by atoms with Gasteiger partial charge in [-0.05, 0) is 44.2 Å². The lowest BCUT2D eigenvalue weighted by atomic mass is 9.94. The van der Waals surface area contributed by atoms with Crippen LogP contribution in [0.15, 0.2) is 18.2 Å². The molecule has 5 nitrogen and oxygen atoms in total. The lowest BCUT2D eigenvalue weighted by Gasteiger charge is -2.33. The maximum Gasteiger partial charge on any atom is 0.281 e. The summed E-state index contributed by atoms with van der Waals surface area (Å²) in [7, 11) is -0.118. The maximum atomic E-state index is 12.2. The Kier molecular flexibility index (Phi) is 4.78. The molecule has 20 heavy (non-hydrogen) atoms. The molecule has 0 spiro atoms. The van der Waals surface area contributed by atoms with Gasteiger partial charge in [0.05, 0.1) is 0 Å². The Morgan fingerprint density at radius 3 is 2.80 bits per heavy atom. The van der Waals surface area contributed by atoms with Crippen molar-refractivity contribution in [1.29, 1.82) is 0 Å². The zero-order chi connectivity index (χ0) is 14.8. The molecule has 1 aliphatic heterocycles. The summed E-state index contributed by atoms with van der Waals surface area (Å²) in [6.45, 7) is 3.20. The van der Waals surface area contributed by atoms with Crippen LogP contribution in [0.1, 0.15) is 24.2 Å². The molecule has 1 aromatic rings. The van der Waals surface area contributed by atoms with Gasteiger partial charge in [0.15, 0.2) is 0 Å². The summed E-state index contributed by atoms with van der Waals surface area (Å²) in [5.74, 6) is 0.354. The van der Waals surface area contributed by atoms with Gasteiger partial charge in [-0.2, -0.15) is 17.0 Å². The monoisotopic (exact) mass is 297 g/mol. The van der Waals surface area contributed by atoms with E-state index in [1.165, 1.54) is 4.31 Å². The van der Waals surface area contributed by atoms with E-state index in [1.807, 2.05) is 25.1 Å². The third kappa shape index (κ3) is 3.56. The first-order valence-corrected chi connectivity index (χ1v) is 8.39. The van der Waals surface area contributed by atoms with Crippen LogP contribution in [-0.4, -0.2) is 49.2 Å². The summed E-state index contributed by atoms with van der Waals surface area (Å²) in [5, 5.41) is 0. The second-order valence-electron chi connectivity index (χ2n) is 5.63. The van der Waals surface area contributed by atoms with E-state index in [2.05, 4.69) is 4.98 Å². The fraction of sp³-hybridized carbons (Fsp3) is 0.643. The Hall–Kier alpha value is -0.980. The zero-order valence-electron chi connectivity index (χ0n) is 12.4. The zero-order valence-corrected chi connectivity index (χ0v) is 13.2. The number of hydrogen-bond donors (Lipinski definition) is 0.